The number of nitrogens with zero attached hydrogens (tertiary/aromatic N) is 2. The number of rotatable bonds is 5. The molecule has 3 aromatic carbocycles. The largest absolute Gasteiger partial charge is 0.385 e. The van der Waals surface area contributed by atoms with Crippen LogP contribution < -0.4 is 4.90 Å². The van der Waals surface area contributed by atoms with Crippen LogP contribution in [-0.2, 0) is 16.1 Å². The van der Waals surface area contributed by atoms with Gasteiger partial charge in [0.2, 0.25) is 0 Å². The third-order valence-corrected chi connectivity index (χ3v) is 7.19. The molecule has 2 heterocycles. The number of halogens is 1. The van der Waals surface area contributed by atoms with E-state index in [2.05, 4.69) is 9.88 Å². The van der Waals surface area contributed by atoms with Crippen LogP contribution in [0.25, 0.3) is 22.0 Å². The van der Waals surface area contributed by atoms with Gasteiger partial charge < -0.3 is 10.0 Å². The van der Waals surface area contributed by atoms with Crippen LogP contribution in [-0.4, -0.2) is 29.5 Å². The van der Waals surface area contributed by atoms with Gasteiger partial charge in [0.25, 0.3) is 0 Å². The first-order valence-electron chi connectivity index (χ1n) is 12.0. The zero-order valence-corrected chi connectivity index (χ0v) is 20.0. The molecule has 1 saturated heterocycles. The van der Waals surface area contributed by atoms with E-state index in [1.54, 1.807) is 6.92 Å². The van der Waals surface area contributed by atoms with Crippen LogP contribution in [0, 0.1) is 6.92 Å². The maximum Gasteiger partial charge on any atom is 0.190 e. The van der Waals surface area contributed by atoms with Crippen LogP contribution in [0.4, 0.5) is 10.1 Å². The molecule has 5 heteroatoms. The van der Waals surface area contributed by atoms with Gasteiger partial charge >= 0.3 is 0 Å². The SMILES string of the molecule is Cc1nc2ccc(N3CCC(O)(c4ccccc4)CC3)cc2c(-c2ccccc2)c1C(C)(F)C=O. The highest BCUT2D eigenvalue weighted by Crippen LogP contribution is 2.41. The first-order chi connectivity index (χ1) is 16.8. The van der Waals surface area contributed by atoms with Gasteiger partial charge in [-0.3, -0.25) is 9.78 Å². The van der Waals surface area contributed by atoms with E-state index in [1.165, 1.54) is 6.92 Å². The van der Waals surface area contributed by atoms with Crippen LogP contribution in [0.1, 0.15) is 36.6 Å². The van der Waals surface area contributed by atoms with E-state index in [1.807, 2.05) is 78.9 Å². The molecule has 4 nitrogen and oxygen atoms in total. The zero-order valence-electron chi connectivity index (χ0n) is 20.0. The van der Waals surface area contributed by atoms with Gasteiger partial charge in [0.15, 0.2) is 12.0 Å². The van der Waals surface area contributed by atoms with E-state index >= 15 is 4.39 Å². The fraction of sp³-hybridized carbons (Fsp3) is 0.267. The van der Waals surface area contributed by atoms with Crippen molar-refractivity contribution in [1.82, 2.24) is 4.98 Å². The molecule has 35 heavy (non-hydrogen) atoms. The standard InChI is InChI=1S/C30H29FN2O2/c1-21-28(29(2,31)20-34)27(22-9-5-3-6-10-22)25-19-24(13-14-26(25)32-21)33-17-15-30(35,16-18-33)23-11-7-4-8-12-23/h3-14,19-20,35H,15-18H2,1-2H3. The van der Waals surface area contributed by atoms with Gasteiger partial charge in [-0.1, -0.05) is 60.7 Å². The number of aliphatic hydroxyl groups is 1. The summed E-state index contributed by atoms with van der Waals surface area (Å²) in [5, 5.41) is 12.1. The molecule has 1 aliphatic rings. The summed E-state index contributed by atoms with van der Waals surface area (Å²) in [6.07, 6.45) is 1.59. The minimum absolute atomic E-state index is 0.306. The highest BCUT2D eigenvalue weighted by atomic mass is 19.1. The van der Waals surface area contributed by atoms with Crippen LogP contribution in [0.2, 0.25) is 0 Å². The molecule has 1 aliphatic heterocycles. The third kappa shape index (κ3) is 4.21. The van der Waals surface area contributed by atoms with Crippen molar-refractivity contribution in [3.05, 3.63) is 95.7 Å². The van der Waals surface area contributed by atoms with E-state index in [-0.39, 0.29) is 0 Å². The summed E-state index contributed by atoms with van der Waals surface area (Å²) < 4.78 is 15.5. The number of piperidine rings is 1. The van der Waals surface area contributed by atoms with E-state index in [0.717, 1.165) is 27.7 Å². The Morgan fingerprint density at radius 3 is 2.26 bits per heavy atom. The molecule has 0 spiro atoms. The minimum Gasteiger partial charge on any atom is -0.385 e. The summed E-state index contributed by atoms with van der Waals surface area (Å²) in [6.45, 7) is 4.43. The number of alkyl halides is 1. The van der Waals surface area contributed by atoms with Crippen molar-refractivity contribution in [2.45, 2.75) is 38.0 Å². The van der Waals surface area contributed by atoms with Crippen LogP contribution in [0.3, 0.4) is 0 Å². The topological polar surface area (TPSA) is 53.4 Å². The van der Waals surface area contributed by atoms with Gasteiger partial charge in [-0.25, -0.2) is 4.39 Å². The van der Waals surface area contributed by atoms with Crippen molar-refractivity contribution in [2.24, 2.45) is 0 Å². The number of aldehydes is 1. The second-order valence-corrected chi connectivity index (χ2v) is 9.59. The van der Waals surface area contributed by atoms with Crippen LogP contribution >= 0.6 is 0 Å². The summed E-state index contributed by atoms with van der Waals surface area (Å²) >= 11 is 0. The molecular formula is C30H29FN2O2. The van der Waals surface area contributed by atoms with Crippen molar-refractivity contribution < 1.29 is 14.3 Å². The first-order valence-corrected chi connectivity index (χ1v) is 12.0. The molecule has 178 valence electrons. The van der Waals surface area contributed by atoms with Gasteiger partial charge in [0.1, 0.15) is 0 Å². The molecule has 0 bridgehead atoms. The number of fused-ring (bicyclic) bond motifs is 1. The van der Waals surface area contributed by atoms with Crippen molar-refractivity contribution in [3.63, 3.8) is 0 Å². The number of carbonyl (C=O) groups excluding carboxylic acids is 1. The molecule has 1 fully saturated rings. The first kappa shape index (κ1) is 23.2. The average molecular weight is 469 g/mol. The zero-order chi connectivity index (χ0) is 24.6. The van der Waals surface area contributed by atoms with E-state index < -0.39 is 11.3 Å². The van der Waals surface area contributed by atoms with E-state index in [0.29, 0.717) is 49.0 Å². The Morgan fingerprint density at radius 1 is 1.00 bits per heavy atom. The summed E-state index contributed by atoms with van der Waals surface area (Å²) in [4.78, 5) is 18.7. The maximum atomic E-state index is 15.5. The fourth-order valence-corrected chi connectivity index (χ4v) is 5.30. The highest BCUT2D eigenvalue weighted by Gasteiger charge is 2.35. The number of anilines is 1. The number of aryl methyl sites for hydroxylation is 1. The lowest BCUT2D eigenvalue weighted by atomic mass is 9.84. The number of aromatic nitrogens is 1. The normalized spacial score (nSPS) is 17.2. The molecule has 0 saturated carbocycles. The molecule has 1 N–H and O–H groups in total. The lowest BCUT2D eigenvalue weighted by molar-refractivity contribution is -0.117. The molecule has 1 aromatic heterocycles. The highest BCUT2D eigenvalue weighted by molar-refractivity contribution is 6.00. The van der Waals surface area contributed by atoms with Gasteiger partial charge in [0.05, 0.1) is 11.1 Å². The number of hydrogen-bond donors (Lipinski definition) is 1. The Bertz CT molecular complexity index is 1360. The van der Waals surface area contributed by atoms with Crippen molar-refractivity contribution in [2.75, 3.05) is 18.0 Å². The average Bonchev–Trinajstić information content (AvgIpc) is 2.89. The lowest BCUT2D eigenvalue weighted by Crippen LogP contribution is -2.42. The summed E-state index contributed by atoms with van der Waals surface area (Å²) in [6, 6.07) is 25.5. The summed E-state index contributed by atoms with van der Waals surface area (Å²) in [7, 11) is 0. The van der Waals surface area contributed by atoms with Gasteiger partial charge in [-0.15, -0.1) is 0 Å². The Kier molecular flexibility index (Phi) is 5.89. The van der Waals surface area contributed by atoms with Crippen molar-refractivity contribution in [3.8, 4) is 11.1 Å². The Labute approximate surface area is 205 Å². The van der Waals surface area contributed by atoms with Gasteiger partial charge in [-0.2, -0.15) is 0 Å². The van der Waals surface area contributed by atoms with Gasteiger partial charge in [0, 0.05) is 35.4 Å². The molecule has 0 radical (unpaired) electrons. The number of benzene rings is 3. The molecule has 1 unspecified atom stereocenters. The molecular weight excluding hydrogens is 439 g/mol. The monoisotopic (exact) mass is 468 g/mol. The Hall–Kier alpha value is -3.57. The number of pyridine rings is 1. The lowest BCUT2D eigenvalue weighted by Gasteiger charge is -2.39. The Morgan fingerprint density at radius 2 is 1.63 bits per heavy atom. The molecule has 0 amide bonds. The minimum atomic E-state index is -2.16. The molecule has 4 aromatic rings. The fourth-order valence-electron chi connectivity index (χ4n) is 5.30. The van der Waals surface area contributed by atoms with Crippen molar-refractivity contribution >= 4 is 22.9 Å². The smallest absolute Gasteiger partial charge is 0.190 e. The van der Waals surface area contributed by atoms with Gasteiger partial charge in [-0.05, 0) is 61.6 Å². The summed E-state index contributed by atoms with van der Waals surface area (Å²) in [5.41, 5.74) is 2.06. The quantitative estimate of drug-likeness (QED) is 0.361. The third-order valence-electron chi connectivity index (χ3n) is 7.19. The number of carbonyl (C=O) groups is 1. The van der Waals surface area contributed by atoms with E-state index in [4.69, 9.17) is 0 Å². The molecule has 1 atom stereocenters. The van der Waals surface area contributed by atoms with E-state index in [9.17, 15) is 9.90 Å². The maximum absolute atomic E-state index is 15.5. The number of hydrogen-bond acceptors (Lipinski definition) is 4. The molecule has 0 aliphatic carbocycles. The molecule has 5 rings (SSSR count). The second-order valence-electron chi connectivity index (χ2n) is 9.59. The van der Waals surface area contributed by atoms with Crippen molar-refractivity contribution in [1.29, 1.82) is 0 Å². The summed E-state index contributed by atoms with van der Waals surface area (Å²) in [5.74, 6) is 0. The predicted octanol–water partition coefficient (Wildman–Crippen LogP) is 6.08. The van der Waals surface area contributed by atoms with Crippen LogP contribution in [0.5, 0.6) is 0 Å². The second kappa shape index (κ2) is 8.90. The Balaban J connectivity index is 1.59. The predicted molar refractivity (Wildman–Crippen MR) is 138 cm³/mol. The van der Waals surface area contributed by atoms with Crippen LogP contribution in [0.15, 0.2) is 78.9 Å².